The van der Waals surface area contributed by atoms with Gasteiger partial charge in [0.25, 0.3) is 0 Å². The van der Waals surface area contributed by atoms with Gasteiger partial charge in [0.15, 0.2) is 0 Å². The van der Waals surface area contributed by atoms with Gasteiger partial charge in [-0.25, -0.2) is 4.39 Å². The molecule has 1 aromatic carbocycles. The SMILES string of the molecule is C=CCN(CC=C)C(=O)/C=C\c1ccc(F)cc1. The Morgan fingerprint density at radius 3 is 2.22 bits per heavy atom. The van der Waals surface area contributed by atoms with E-state index in [9.17, 15) is 9.18 Å². The van der Waals surface area contributed by atoms with E-state index in [4.69, 9.17) is 0 Å². The minimum atomic E-state index is -0.293. The van der Waals surface area contributed by atoms with Crippen LogP contribution in [0.4, 0.5) is 4.39 Å². The molecule has 0 aliphatic carbocycles. The number of rotatable bonds is 6. The summed E-state index contributed by atoms with van der Waals surface area (Å²) in [4.78, 5) is 13.4. The van der Waals surface area contributed by atoms with Gasteiger partial charge >= 0.3 is 0 Å². The van der Waals surface area contributed by atoms with Crippen molar-refractivity contribution in [1.29, 1.82) is 0 Å². The Labute approximate surface area is 107 Å². The lowest BCUT2D eigenvalue weighted by molar-refractivity contribution is -0.124. The zero-order valence-corrected chi connectivity index (χ0v) is 10.2. The van der Waals surface area contributed by atoms with Crippen LogP contribution in [-0.2, 0) is 4.79 Å². The molecular weight excluding hydrogens is 229 g/mol. The number of carbonyl (C=O) groups is 1. The minimum Gasteiger partial charge on any atom is -0.332 e. The molecule has 1 rings (SSSR count). The van der Waals surface area contributed by atoms with Gasteiger partial charge in [-0.15, -0.1) is 13.2 Å². The first-order valence-corrected chi connectivity index (χ1v) is 5.61. The Morgan fingerprint density at radius 1 is 1.17 bits per heavy atom. The summed E-state index contributed by atoms with van der Waals surface area (Å²) in [6, 6.07) is 5.94. The van der Waals surface area contributed by atoms with Crippen LogP contribution in [0, 0.1) is 5.82 Å². The zero-order chi connectivity index (χ0) is 13.4. The van der Waals surface area contributed by atoms with Crippen LogP contribution < -0.4 is 0 Å². The lowest BCUT2D eigenvalue weighted by Crippen LogP contribution is -2.29. The fourth-order valence-electron chi connectivity index (χ4n) is 1.41. The third kappa shape index (κ3) is 4.37. The lowest BCUT2D eigenvalue weighted by Gasteiger charge is -2.16. The molecule has 0 bridgehead atoms. The molecule has 0 aliphatic rings. The van der Waals surface area contributed by atoms with Gasteiger partial charge in [-0.2, -0.15) is 0 Å². The Kier molecular flexibility index (Phi) is 5.58. The van der Waals surface area contributed by atoms with Crippen LogP contribution in [0.2, 0.25) is 0 Å². The smallest absolute Gasteiger partial charge is 0.247 e. The highest BCUT2D eigenvalue weighted by atomic mass is 19.1. The molecule has 0 atom stereocenters. The maximum atomic E-state index is 12.7. The topological polar surface area (TPSA) is 20.3 Å². The predicted molar refractivity (Wildman–Crippen MR) is 72.4 cm³/mol. The van der Waals surface area contributed by atoms with Gasteiger partial charge in [-0.3, -0.25) is 4.79 Å². The van der Waals surface area contributed by atoms with Gasteiger partial charge in [0.05, 0.1) is 0 Å². The third-order valence-corrected chi connectivity index (χ3v) is 2.30. The second-order valence-corrected chi connectivity index (χ2v) is 3.71. The van der Waals surface area contributed by atoms with Crippen molar-refractivity contribution in [2.45, 2.75) is 0 Å². The third-order valence-electron chi connectivity index (χ3n) is 2.30. The molecule has 0 radical (unpaired) electrons. The van der Waals surface area contributed by atoms with Crippen molar-refractivity contribution >= 4 is 12.0 Å². The van der Waals surface area contributed by atoms with Crippen LogP contribution >= 0.6 is 0 Å². The van der Waals surface area contributed by atoms with E-state index < -0.39 is 0 Å². The summed E-state index contributed by atoms with van der Waals surface area (Å²) >= 11 is 0. The molecular formula is C15H16FNO. The summed E-state index contributed by atoms with van der Waals surface area (Å²) in [5.41, 5.74) is 0.780. The fourth-order valence-corrected chi connectivity index (χ4v) is 1.41. The highest BCUT2D eigenvalue weighted by molar-refractivity contribution is 5.91. The summed E-state index contributed by atoms with van der Waals surface area (Å²) in [7, 11) is 0. The quantitative estimate of drug-likeness (QED) is 0.557. The van der Waals surface area contributed by atoms with Crippen molar-refractivity contribution < 1.29 is 9.18 Å². The van der Waals surface area contributed by atoms with E-state index in [0.29, 0.717) is 13.1 Å². The van der Waals surface area contributed by atoms with Crippen molar-refractivity contribution in [3.63, 3.8) is 0 Å². The molecule has 18 heavy (non-hydrogen) atoms. The first-order chi connectivity index (χ1) is 8.67. The van der Waals surface area contributed by atoms with Crippen molar-refractivity contribution in [3.8, 4) is 0 Å². The van der Waals surface area contributed by atoms with Crippen molar-refractivity contribution in [3.05, 3.63) is 67.0 Å². The summed E-state index contributed by atoms with van der Waals surface area (Å²) in [6.07, 6.45) is 6.43. The predicted octanol–water partition coefficient (Wildman–Crippen LogP) is 3.04. The molecule has 0 saturated carbocycles. The van der Waals surface area contributed by atoms with E-state index >= 15 is 0 Å². The van der Waals surface area contributed by atoms with Gasteiger partial charge in [0.1, 0.15) is 5.82 Å². The largest absolute Gasteiger partial charge is 0.332 e. The Balaban J connectivity index is 2.69. The van der Waals surface area contributed by atoms with Gasteiger partial charge in [-0.1, -0.05) is 24.3 Å². The Hall–Kier alpha value is -2.16. The van der Waals surface area contributed by atoms with Crippen LogP contribution in [-0.4, -0.2) is 23.9 Å². The van der Waals surface area contributed by atoms with E-state index in [-0.39, 0.29) is 11.7 Å². The molecule has 0 aliphatic heterocycles. The van der Waals surface area contributed by atoms with E-state index in [0.717, 1.165) is 5.56 Å². The van der Waals surface area contributed by atoms with Crippen molar-refractivity contribution in [2.75, 3.05) is 13.1 Å². The maximum absolute atomic E-state index is 12.7. The number of hydrogen-bond donors (Lipinski definition) is 0. The average Bonchev–Trinajstić information content (AvgIpc) is 2.37. The van der Waals surface area contributed by atoms with E-state index in [2.05, 4.69) is 13.2 Å². The first kappa shape index (κ1) is 13.9. The first-order valence-electron chi connectivity index (χ1n) is 5.61. The number of amides is 1. The molecule has 2 nitrogen and oxygen atoms in total. The fraction of sp³-hybridized carbons (Fsp3) is 0.133. The van der Waals surface area contributed by atoms with Gasteiger partial charge in [-0.05, 0) is 23.8 Å². The molecule has 0 spiro atoms. The molecule has 94 valence electrons. The molecule has 0 heterocycles. The molecule has 1 amide bonds. The molecule has 1 aromatic rings. The highest BCUT2D eigenvalue weighted by Crippen LogP contribution is 2.05. The molecule has 0 saturated heterocycles. The van der Waals surface area contributed by atoms with Gasteiger partial charge < -0.3 is 4.90 Å². The molecule has 0 fully saturated rings. The molecule has 0 N–H and O–H groups in total. The summed E-state index contributed by atoms with van der Waals surface area (Å²) in [5.74, 6) is -0.419. The van der Waals surface area contributed by atoms with Gasteiger partial charge in [0, 0.05) is 19.2 Å². The molecule has 0 unspecified atom stereocenters. The van der Waals surface area contributed by atoms with E-state index in [1.165, 1.54) is 18.2 Å². The molecule has 3 heteroatoms. The van der Waals surface area contributed by atoms with E-state index in [1.54, 1.807) is 35.3 Å². The van der Waals surface area contributed by atoms with Crippen LogP contribution in [0.25, 0.3) is 6.08 Å². The number of hydrogen-bond acceptors (Lipinski definition) is 1. The van der Waals surface area contributed by atoms with Crippen molar-refractivity contribution in [1.82, 2.24) is 4.90 Å². The summed E-state index contributed by atoms with van der Waals surface area (Å²) in [6.45, 7) is 8.14. The summed E-state index contributed by atoms with van der Waals surface area (Å²) in [5, 5.41) is 0. The number of nitrogens with zero attached hydrogens (tertiary/aromatic N) is 1. The lowest BCUT2D eigenvalue weighted by atomic mass is 10.2. The van der Waals surface area contributed by atoms with Crippen LogP contribution in [0.3, 0.4) is 0 Å². The Bertz CT molecular complexity index is 438. The van der Waals surface area contributed by atoms with Gasteiger partial charge in [0.2, 0.25) is 5.91 Å². The zero-order valence-electron chi connectivity index (χ0n) is 10.2. The highest BCUT2D eigenvalue weighted by Gasteiger charge is 2.05. The Morgan fingerprint density at radius 2 is 1.72 bits per heavy atom. The summed E-state index contributed by atoms with van der Waals surface area (Å²) < 4.78 is 12.7. The number of carbonyl (C=O) groups excluding carboxylic acids is 1. The second-order valence-electron chi connectivity index (χ2n) is 3.71. The standard InChI is InChI=1S/C15H16FNO/c1-3-11-17(12-4-2)15(18)10-7-13-5-8-14(16)9-6-13/h3-10H,1-2,11-12H2/b10-7-. The van der Waals surface area contributed by atoms with Crippen LogP contribution in [0.15, 0.2) is 55.7 Å². The van der Waals surface area contributed by atoms with Crippen LogP contribution in [0.5, 0.6) is 0 Å². The maximum Gasteiger partial charge on any atom is 0.247 e. The van der Waals surface area contributed by atoms with E-state index in [1.807, 2.05) is 0 Å². The second kappa shape index (κ2) is 7.22. The number of benzene rings is 1. The molecule has 0 aromatic heterocycles. The normalized spacial score (nSPS) is 10.3. The van der Waals surface area contributed by atoms with Crippen LogP contribution in [0.1, 0.15) is 5.56 Å². The average molecular weight is 245 g/mol. The monoisotopic (exact) mass is 245 g/mol. The minimum absolute atomic E-state index is 0.126. The van der Waals surface area contributed by atoms with Crippen molar-refractivity contribution in [2.24, 2.45) is 0 Å². The number of halogens is 1.